The van der Waals surface area contributed by atoms with Crippen LogP contribution >= 0.6 is 0 Å². The number of hydrogen-bond acceptors (Lipinski definition) is 6. The van der Waals surface area contributed by atoms with E-state index in [1.807, 2.05) is 52.0 Å². The van der Waals surface area contributed by atoms with Crippen LogP contribution in [0.4, 0.5) is 5.69 Å². The molecule has 0 bridgehead atoms. The van der Waals surface area contributed by atoms with E-state index >= 15 is 0 Å². The third-order valence-corrected chi connectivity index (χ3v) is 7.64. The van der Waals surface area contributed by atoms with Crippen LogP contribution in [-0.2, 0) is 26.2 Å². The lowest BCUT2D eigenvalue weighted by Gasteiger charge is -2.32. The predicted octanol–water partition coefficient (Wildman–Crippen LogP) is 4.36. The number of amides is 2. The van der Waals surface area contributed by atoms with Crippen molar-refractivity contribution in [3.63, 3.8) is 0 Å². The molecule has 0 saturated carbocycles. The number of methoxy groups -OCH3 is 1. The molecule has 9 nitrogen and oxygen atoms in total. The van der Waals surface area contributed by atoms with Gasteiger partial charge in [0.2, 0.25) is 21.8 Å². The van der Waals surface area contributed by atoms with Gasteiger partial charge in [0, 0.05) is 25.6 Å². The molecule has 0 aromatic heterocycles. The van der Waals surface area contributed by atoms with Gasteiger partial charge in [-0.2, -0.15) is 0 Å². The molecule has 2 atom stereocenters. The molecular weight excluding hydrogens is 518 g/mol. The molecule has 2 amide bonds. The molecule has 0 unspecified atom stereocenters. The summed E-state index contributed by atoms with van der Waals surface area (Å²) in [5.74, 6) is 0.694. The molecule has 39 heavy (non-hydrogen) atoms. The second-order valence-corrected chi connectivity index (χ2v) is 11.4. The Hall–Kier alpha value is -3.27. The van der Waals surface area contributed by atoms with Crippen molar-refractivity contribution >= 4 is 27.5 Å². The molecule has 0 heterocycles. The van der Waals surface area contributed by atoms with E-state index in [1.165, 1.54) is 4.31 Å². The molecule has 216 valence electrons. The van der Waals surface area contributed by atoms with E-state index in [-0.39, 0.29) is 43.8 Å². The topological polar surface area (TPSA) is 105 Å². The molecule has 2 rings (SSSR count). The van der Waals surface area contributed by atoms with E-state index in [0.717, 1.165) is 18.2 Å². The first kappa shape index (κ1) is 31.9. The molecular formula is C29H43N3O6S. The summed E-state index contributed by atoms with van der Waals surface area (Å²) in [5, 5.41) is 3.00. The van der Waals surface area contributed by atoms with Crippen LogP contribution in [-0.4, -0.2) is 63.7 Å². The van der Waals surface area contributed by atoms with Crippen molar-refractivity contribution in [3.8, 4) is 11.5 Å². The third-order valence-electron chi connectivity index (χ3n) is 6.46. The number of benzene rings is 2. The number of rotatable bonds is 16. The number of para-hydroxylation sites is 2. The fourth-order valence-electron chi connectivity index (χ4n) is 4.25. The minimum absolute atomic E-state index is 0.0194. The molecule has 0 radical (unpaired) electrons. The number of carbonyl (C=O) groups excluding carboxylic acids is 2. The van der Waals surface area contributed by atoms with Gasteiger partial charge in [-0.05, 0) is 62.9 Å². The Morgan fingerprint density at radius 2 is 1.74 bits per heavy atom. The van der Waals surface area contributed by atoms with Crippen molar-refractivity contribution in [2.45, 2.75) is 72.0 Å². The highest BCUT2D eigenvalue weighted by Gasteiger charge is 2.29. The van der Waals surface area contributed by atoms with Crippen LogP contribution in [0.3, 0.4) is 0 Å². The van der Waals surface area contributed by atoms with Gasteiger partial charge in [-0.1, -0.05) is 38.1 Å². The lowest BCUT2D eigenvalue weighted by atomic mass is 10.1. The zero-order valence-electron chi connectivity index (χ0n) is 24.0. The van der Waals surface area contributed by atoms with E-state index in [1.54, 1.807) is 36.3 Å². The fraction of sp³-hybridized carbons (Fsp3) is 0.517. The standard InChI is InChI=1S/C29H43N3O6S/c1-7-22(4)30-29(34)25(8-2)31(21-23-14-12-15-24(20-23)37-5)28(33)18-13-19-32(39(6,35)36)26-16-10-11-17-27(26)38-9-3/h10-12,14-17,20,22,25H,7-9,13,18-19,21H2,1-6H3,(H,30,34)/t22-,25+/m0/s1. The average Bonchev–Trinajstić information content (AvgIpc) is 2.91. The first-order valence-electron chi connectivity index (χ1n) is 13.5. The second kappa shape index (κ2) is 15.4. The zero-order valence-corrected chi connectivity index (χ0v) is 24.8. The molecule has 0 aliphatic carbocycles. The molecule has 2 aromatic rings. The molecule has 0 aliphatic rings. The van der Waals surface area contributed by atoms with Crippen LogP contribution in [0.5, 0.6) is 11.5 Å². The Bertz CT molecular complexity index is 1190. The Morgan fingerprint density at radius 1 is 1.03 bits per heavy atom. The number of sulfonamides is 1. The number of nitrogens with zero attached hydrogens (tertiary/aromatic N) is 2. The van der Waals surface area contributed by atoms with E-state index in [2.05, 4.69) is 5.32 Å². The molecule has 0 spiro atoms. The zero-order chi connectivity index (χ0) is 29.0. The van der Waals surface area contributed by atoms with Crippen molar-refractivity contribution in [1.29, 1.82) is 0 Å². The summed E-state index contributed by atoms with van der Waals surface area (Å²) in [6, 6.07) is 13.7. The molecule has 0 saturated heterocycles. The van der Waals surface area contributed by atoms with Gasteiger partial charge in [-0.15, -0.1) is 0 Å². The van der Waals surface area contributed by atoms with Crippen LogP contribution in [0.25, 0.3) is 0 Å². The van der Waals surface area contributed by atoms with Crippen LogP contribution in [0.1, 0.15) is 58.9 Å². The smallest absolute Gasteiger partial charge is 0.243 e. The van der Waals surface area contributed by atoms with Crippen LogP contribution in [0.15, 0.2) is 48.5 Å². The predicted molar refractivity (Wildman–Crippen MR) is 155 cm³/mol. The first-order chi connectivity index (χ1) is 18.5. The summed E-state index contributed by atoms with van der Waals surface area (Å²) < 4.78 is 37.6. The molecule has 10 heteroatoms. The summed E-state index contributed by atoms with van der Waals surface area (Å²) in [7, 11) is -2.06. The Morgan fingerprint density at radius 3 is 2.36 bits per heavy atom. The maximum atomic E-state index is 13.6. The number of carbonyl (C=O) groups is 2. The summed E-state index contributed by atoms with van der Waals surface area (Å²) in [6.07, 6.45) is 2.69. The minimum atomic E-state index is -3.63. The van der Waals surface area contributed by atoms with Gasteiger partial charge in [0.25, 0.3) is 0 Å². The summed E-state index contributed by atoms with van der Waals surface area (Å²) in [4.78, 5) is 28.4. The van der Waals surface area contributed by atoms with Crippen LogP contribution in [0, 0.1) is 0 Å². The highest BCUT2D eigenvalue weighted by atomic mass is 32.2. The van der Waals surface area contributed by atoms with Gasteiger partial charge >= 0.3 is 0 Å². The van der Waals surface area contributed by atoms with Crippen molar-refractivity contribution in [3.05, 3.63) is 54.1 Å². The van der Waals surface area contributed by atoms with Gasteiger partial charge in [0.05, 0.1) is 25.7 Å². The first-order valence-corrected chi connectivity index (χ1v) is 15.3. The maximum absolute atomic E-state index is 13.6. The van der Waals surface area contributed by atoms with Crippen LogP contribution < -0.4 is 19.1 Å². The normalized spacial score (nSPS) is 12.8. The third kappa shape index (κ3) is 9.45. The monoisotopic (exact) mass is 561 g/mol. The number of ether oxygens (including phenoxy) is 2. The number of hydrogen-bond donors (Lipinski definition) is 1. The largest absolute Gasteiger partial charge is 0.497 e. The molecule has 0 aliphatic heterocycles. The quantitative estimate of drug-likeness (QED) is 0.327. The Balaban J connectivity index is 2.28. The van der Waals surface area contributed by atoms with E-state index < -0.39 is 16.1 Å². The minimum Gasteiger partial charge on any atom is -0.497 e. The van der Waals surface area contributed by atoms with Crippen molar-refractivity contribution in [1.82, 2.24) is 10.2 Å². The van der Waals surface area contributed by atoms with Gasteiger partial charge in [-0.25, -0.2) is 8.42 Å². The molecule has 0 fully saturated rings. The SMILES string of the molecule is CCOc1ccccc1N(CCCC(=O)N(Cc1cccc(OC)c1)[C@H](CC)C(=O)N[C@@H](C)CC)S(C)(=O)=O. The van der Waals surface area contributed by atoms with Crippen molar-refractivity contribution < 1.29 is 27.5 Å². The average molecular weight is 562 g/mol. The van der Waals surface area contributed by atoms with Crippen molar-refractivity contribution in [2.75, 3.05) is 30.8 Å². The maximum Gasteiger partial charge on any atom is 0.243 e. The second-order valence-electron chi connectivity index (χ2n) is 9.45. The van der Waals surface area contributed by atoms with Crippen molar-refractivity contribution in [2.24, 2.45) is 0 Å². The Labute approximate surface area is 233 Å². The van der Waals surface area contributed by atoms with Gasteiger partial charge in [-0.3, -0.25) is 13.9 Å². The van der Waals surface area contributed by atoms with Gasteiger partial charge in [0.1, 0.15) is 17.5 Å². The number of nitrogens with one attached hydrogen (secondary N) is 1. The molecule has 1 N–H and O–H groups in total. The molecule has 2 aromatic carbocycles. The Kier molecular flexibility index (Phi) is 12.6. The van der Waals surface area contributed by atoms with Gasteiger partial charge < -0.3 is 19.7 Å². The van der Waals surface area contributed by atoms with E-state index in [0.29, 0.717) is 30.2 Å². The lowest BCUT2D eigenvalue weighted by molar-refractivity contribution is -0.141. The highest BCUT2D eigenvalue weighted by Crippen LogP contribution is 2.30. The lowest BCUT2D eigenvalue weighted by Crippen LogP contribution is -2.50. The summed E-state index contributed by atoms with van der Waals surface area (Å²) in [5.41, 5.74) is 1.27. The van der Waals surface area contributed by atoms with E-state index in [9.17, 15) is 18.0 Å². The van der Waals surface area contributed by atoms with E-state index in [4.69, 9.17) is 9.47 Å². The summed E-state index contributed by atoms with van der Waals surface area (Å²) >= 11 is 0. The number of anilines is 1. The van der Waals surface area contributed by atoms with Crippen LogP contribution in [0.2, 0.25) is 0 Å². The highest BCUT2D eigenvalue weighted by molar-refractivity contribution is 7.92. The van der Waals surface area contributed by atoms with Gasteiger partial charge in [0.15, 0.2) is 0 Å². The fourth-order valence-corrected chi connectivity index (χ4v) is 5.22. The summed E-state index contributed by atoms with van der Waals surface area (Å²) in [6.45, 7) is 8.34.